The lowest BCUT2D eigenvalue weighted by Crippen LogP contribution is -2.33. The van der Waals surface area contributed by atoms with Crippen LogP contribution < -0.4 is 9.88 Å². The summed E-state index contributed by atoms with van der Waals surface area (Å²) in [6.45, 7) is 3.97. The van der Waals surface area contributed by atoms with Crippen molar-refractivity contribution in [2.45, 2.75) is 24.2 Å². The van der Waals surface area contributed by atoms with Crippen molar-refractivity contribution in [3.8, 4) is 28.1 Å². The quantitative estimate of drug-likeness (QED) is 0.300. The lowest BCUT2D eigenvalue weighted by molar-refractivity contribution is 0.180. The molecule has 0 saturated carbocycles. The number of rotatable bonds is 7. The predicted octanol–water partition coefficient (Wildman–Crippen LogP) is 5.44. The predicted molar refractivity (Wildman–Crippen MR) is 145 cm³/mol. The number of pyridine rings is 1. The van der Waals surface area contributed by atoms with Crippen LogP contribution in [0.1, 0.15) is 19.3 Å². The Kier molecular flexibility index (Phi) is 6.55. The van der Waals surface area contributed by atoms with E-state index in [1.807, 2.05) is 53.6 Å². The topological polar surface area (TPSA) is 81.6 Å². The Morgan fingerprint density at radius 1 is 0.833 bits per heavy atom. The van der Waals surface area contributed by atoms with Crippen molar-refractivity contribution in [3.63, 3.8) is 0 Å². The van der Waals surface area contributed by atoms with E-state index in [1.54, 1.807) is 0 Å². The maximum Gasteiger partial charge on any atom is 0.213 e. The molecule has 7 nitrogen and oxygen atoms in total. The van der Waals surface area contributed by atoms with Gasteiger partial charge < -0.3 is 4.74 Å². The second kappa shape index (κ2) is 10.3. The molecule has 1 fully saturated rings. The molecule has 0 radical (unpaired) electrons. The van der Waals surface area contributed by atoms with E-state index in [0.29, 0.717) is 12.5 Å². The van der Waals surface area contributed by atoms with Crippen molar-refractivity contribution in [1.29, 1.82) is 0 Å². The fourth-order valence-corrected chi connectivity index (χ4v) is 5.37. The van der Waals surface area contributed by atoms with Crippen LogP contribution in [0.2, 0.25) is 0 Å². The number of hydrogen-bond donors (Lipinski definition) is 1. The van der Waals surface area contributed by atoms with Gasteiger partial charge in [0.2, 0.25) is 5.88 Å². The molecule has 0 spiro atoms. The van der Waals surface area contributed by atoms with Gasteiger partial charge >= 0.3 is 0 Å². The van der Waals surface area contributed by atoms with Gasteiger partial charge in [0.05, 0.1) is 6.20 Å². The van der Waals surface area contributed by atoms with Gasteiger partial charge in [0.1, 0.15) is 6.61 Å². The van der Waals surface area contributed by atoms with Gasteiger partial charge in [0.15, 0.2) is 5.65 Å². The van der Waals surface area contributed by atoms with Gasteiger partial charge in [-0.05, 0) is 66.3 Å². The fraction of sp³-hybridized carbons (Fsp3) is 0.250. The van der Waals surface area contributed by atoms with Crippen LogP contribution in [0.5, 0.6) is 5.88 Å². The standard InChI is InChI=1S/C28H28N6OS/c29-36-26-10-9-23(22-6-2-3-7-24(22)26)25-18-32-34-19-21(17-31-28(25)34)20-8-11-27(30-16-20)35-15-14-33-12-4-1-5-13-33/h2-3,6-11,16-19H,1,4-5,12-15,29H2. The number of aromatic nitrogens is 4. The average Bonchev–Trinajstić information content (AvgIpc) is 3.36. The molecular formula is C28H28N6OS. The minimum atomic E-state index is 0.650. The van der Waals surface area contributed by atoms with Crippen LogP contribution in [0.4, 0.5) is 0 Å². The maximum atomic E-state index is 5.88. The number of benzene rings is 2. The summed E-state index contributed by atoms with van der Waals surface area (Å²) >= 11 is 1.27. The van der Waals surface area contributed by atoms with Crippen LogP contribution in [0, 0.1) is 0 Å². The number of likely N-dealkylation sites (tertiary alicyclic amines) is 1. The molecule has 8 heteroatoms. The Labute approximate surface area is 214 Å². The molecule has 3 aromatic heterocycles. The van der Waals surface area contributed by atoms with Gasteiger partial charge in [-0.3, -0.25) is 10.0 Å². The fourth-order valence-electron chi connectivity index (χ4n) is 4.92. The normalized spacial score (nSPS) is 14.5. The second-order valence-electron chi connectivity index (χ2n) is 9.08. The van der Waals surface area contributed by atoms with Gasteiger partial charge in [-0.2, -0.15) is 5.10 Å². The first-order valence-corrected chi connectivity index (χ1v) is 13.2. The van der Waals surface area contributed by atoms with E-state index < -0.39 is 0 Å². The molecule has 0 bridgehead atoms. The molecule has 0 aliphatic carbocycles. The van der Waals surface area contributed by atoms with Gasteiger partial charge in [-0.25, -0.2) is 14.5 Å². The third-order valence-electron chi connectivity index (χ3n) is 6.83. The summed E-state index contributed by atoms with van der Waals surface area (Å²) in [6, 6.07) is 16.4. The van der Waals surface area contributed by atoms with E-state index in [2.05, 4.69) is 39.2 Å². The summed E-state index contributed by atoms with van der Waals surface area (Å²) in [7, 11) is 0. The van der Waals surface area contributed by atoms with Crippen LogP contribution >= 0.6 is 11.9 Å². The number of nitrogens with zero attached hydrogens (tertiary/aromatic N) is 5. The summed E-state index contributed by atoms with van der Waals surface area (Å²) in [5.41, 5.74) is 4.81. The van der Waals surface area contributed by atoms with Crippen molar-refractivity contribution in [2.24, 2.45) is 5.14 Å². The van der Waals surface area contributed by atoms with Crippen molar-refractivity contribution < 1.29 is 4.74 Å². The molecule has 1 saturated heterocycles. The summed E-state index contributed by atoms with van der Waals surface area (Å²) < 4.78 is 7.71. The van der Waals surface area contributed by atoms with E-state index in [1.165, 1.54) is 44.3 Å². The van der Waals surface area contributed by atoms with Gasteiger partial charge in [-0.15, -0.1) is 0 Å². The van der Waals surface area contributed by atoms with E-state index in [-0.39, 0.29) is 0 Å². The summed E-state index contributed by atoms with van der Waals surface area (Å²) in [5, 5.41) is 12.8. The highest BCUT2D eigenvalue weighted by atomic mass is 32.2. The van der Waals surface area contributed by atoms with Crippen LogP contribution in [-0.2, 0) is 0 Å². The molecule has 36 heavy (non-hydrogen) atoms. The number of fused-ring (bicyclic) bond motifs is 2. The lowest BCUT2D eigenvalue weighted by atomic mass is 10.00. The molecular weight excluding hydrogens is 468 g/mol. The first-order valence-electron chi connectivity index (χ1n) is 12.3. The Morgan fingerprint density at radius 3 is 2.47 bits per heavy atom. The number of piperidine rings is 1. The SMILES string of the molecule is NSc1ccc(-c2cnn3cc(-c4ccc(OCCN5CCCCC5)nc4)cnc23)c2ccccc12. The van der Waals surface area contributed by atoms with Crippen LogP contribution in [0.3, 0.4) is 0 Å². The molecule has 4 heterocycles. The van der Waals surface area contributed by atoms with E-state index in [0.717, 1.165) is 50.1 Å². The van der Waals surface area contributed by atoms with Crippen molar-refractivity contribution in [3.05, 3.63) is 73.3 Å². The first kappa shape index (κ1) is 23.0. The lowest BCUT2D eigenvalue weighted by Gasteiger charge is -2.26. The molecule has 2 N–H and O–H groups in total. The highest BCUT2D eigenvalue weighted by Crippen LogP contribution is 2.35. The van der Waals surface area contributed by atoms with E-state index in [4.69, 9.17) is 14.9 Å². The average molecular weight is 497 g/mol. The van der Waals surface area contributed by atoms with E-state index in [9.17, 15) is 0 Å². The maximum absolute atomic E-state index is 5.88. The molecule has 2 aromatic carbocycles. The number of nitrogens with two attached hydrogens (primary N) is 1. The van der Waals surface area contributed by atoms with Crippen LogP contribution in [-0.4, -0.2) is 50.7 Å². The molecule has 6 rings (SSSR count). The Hall–Kier alpha value is -3.46. The monoisotopic (exact) mass is 496 g/mol. The molecule has 0 amide bonds. The third-order valence-corrected chi connectivity index (χ3v) is 7.44. The first-order chi connectivity index (χ1) is 17.8. The van der Waals surface area contributed by atoms with Crippen molar-refractivity contribution >= 4 is 28.4 Å². The Bertz CT molecular complexity index is 1490. The minimum Gasteiger partial charge on any atom is -0.476 e. The Morgan fingerprint density at radius 2 is 1.67 bits per heavy atom. The smallest absolute Gasteiger partial charge is 0.213 e. The van der Waals surface area contributed by atoms with Gasteiger partial charge in [0.25, 0.3) is 0 Å². The van der Waals surface area contributed by atoms with Crippen molar-refractivity contribution in [1.82, 2.24) is 24.5 Å². The summed E-state index contributed by atoms with van der Waals surface area (Å²) in [5.74, 6) is 0.650. The highest BCUT2D eigenvalue weighted by molar-refractivity contribution is 7.97. The van der Waals surface area contributed by atoms with Crippen LogP contribution in [0.25, 0.3) is 38.7 Å². The second-order valence-corrected chi connectivity index (χ2v) is 9.76. The van der Waals surface area contributed by atoms with Gasteiger partial charge in [0, 0.05) is 52.8 Å². The zero-order chi connectivity index (χ0) is 24.3. The van der Waals surface area contributed by atoms with Gasteiger partial charge in [-0.1, -0.05) is 36.8 Å². The Balaban J connectivity index is 1.22. The van der Waals surface area contributed by atoms with E-state index >= 15 is 0 Å². The number of hydrogen-bond acceptors (Lipinski definition) is 7. The summed E-state index contributed by atoms with van der Waals surface area (Å²) in [4.78, 5) is 12.8. The van der Waals surface area contributed by atoms with Crippen LogP contribution in [0.15, 0.2) is 78.2 Å². The largest absolute Gasteiger partial charge is 0.476 e. The highest BCUT2D eigenvalue weighted by Gasteiger charge is 2.14. The minimum absolute atomic E-state index is 0.650. The molecule has 1 aliphatic heterocycles. The zero-order valence-electron chi connectivity index (χ0n) is 20.0. The third kappa shape index (κ3) is 4.55. The molecule has 0 unspecified atom stereocenters. The number of ether oxygens (including phenoxy) is 1. The molecule has 5 aromatic rings. The molecule has 182 valence electrons. The molecule has 1 aliphatic rings. The molecule has 0 atom stereocenters. The zero-order valence-corrected chi connectivity index (χ0v) is 20.8. The summed E-state index contributed by atoms with van der Waals surface area (Å²) in [6.07, 6.45) is 11.5. The van der Waals surface area contributed by atoms with Crippen molar-refractivity contribution in [2.75, 3.05) is 26.2 Å².